The number of amides is 6. The van der Waals surface area contributed by atoms with Crippen LogP contribution in [0.5, 0.6) is 0 Å². The lowest BCUT2D eigenvalue weighted by Gasteiger charge is -2.27. The fraction of sp³-hybridized carbons (Fsp3) is 0.765. The van der Waals surface area contributed by atoms with Crippen molar-refractivity contribution in [3.63, 3.8) is 0 Å². The van der Waals surface area contributed by atoms with E-state index in [0.717, 1.165) is 0 Å². The first kappa shape index (κ1) is 47.7. The lowest BCUT2D eigenvalue weighted by atomic mass is 9.97. The van der Waals surface area contributed by atoms with Crippen LogP contribution < -0.4 is 37.6 Å². The summed E-state index contributed by atoms with van der Waals surface area (Å²) in [5.74, 6) is -8.32. The number of carboxylic acid groups (broad SMARTS) is 2. The zero-order valence-corrected chi connectivity index (χ0v) is 31.8. The Morgan fingerprint density at radius 1 is 0.577 bits per heavy atom. The normalized spacial score (nSPS) is 16.0. The lowest BCUT2D eigenvalue weighted by molar-refractivity contribution is -0.145. The monoisotopic (exact) mass is 743 g/mol. The number of aliphatic hydroxyl groups is 1. The predicted molar refractivity (Wildman–Crippen MR) is 190 cm³/mol. The summed E-state index contributed by atoms with van der Waals surface area (Å²) in [5, 5.41) is 43.0. The summed E-state index contributed by atoms with van der Waals surface area (Å²) in [6.07, 6.45) is -1.34. The third kappa shape index (κ3) is 18.3. The Kier molecular flexibility index (Phi) is 21.3. The molecular weight excluding hydrogens is 682 g/mol. The number of aliphatic carboxylic acids is 2. The number of hydrogen-bond donors (Lipinski definition) is 10. The molecule has 0 aromatic rings. The van der Waals surface area contributed by atoms with Crippen molar-refractivity contribution in [1.29, 1.82) is 0 Å². The zero-order valence-electron chi connectivity index (χ0n) is 31.8. The van der Waals surface area contributed by atoms with Gasteiger partial charge in [0, 0.05) is 0 Å². The molecule has 0 rings (SSSR count). The molecule has 0 aromatic heterocycles. The standard InChI is InChI=1S/C34H61N7O11/c1-10-19(8)27(35)33(50)40-23(13-18(6)7)30(47)39-24(14-26(44)45)31(48)38-21(11-16(2)3)29(46)36-15-25(43)37-22(12-17(4)5)32(49)41-28(20(9)42)34(51)52/h16-24,27-28,42H,10-15,35H2,1-9H3,(H,36,46)(H,37,43)(H,38,48)(H,39,47)(H,40,50)(H,41,49)(H,44,45)(H,51,52)/t19-,20+,21-,22-,23-,24-,27-,28-/m0/s1. The minimum atomic E-state index is -1.64. The van der Waals surface area contributed by atoms with E-state index in [9.17, 15) is 53.7 Å². The van der Waals surface area contributed by atoms with Crippen molar-refractivity contribution in [2.45, 2.75) is 137 Å². The summed E-state index contributed by atoms with van der Waals surface area (Å²) >= 11 is 0. The minimum absolute atomic E-state index is 0.0563. The van der Waals surface area contributed by atoms with Crippen LogP contribution in [0.2, 0.25) is 0 Å². The highest BCUT2D eigenvalue weighted by Gasteiger charge is 2.34. The first-order valence-electron chi connectivity index (χ1n) is 17.7. The fourth-order valence-electron chi connectivity index (χ4n) is 5.00. The third-order valence-corrected chi connectivity index (χ3v) is 8.08. The Bertz CT molecular complexity index is 1240. The summed E-state index contributed by atoms with van der Waals surface area (Å²) in [5.41, 5.74) is 6.03. The molecule has 0 aliphatic rings. The van der Waals surface area contributed by atoms with Gasteiger partial charge in [0.15, 0.2) is 6.04 Å². The number of hydrogen-bond acceptors (Lipinski definition) is 10. The first-order valence-corrected chi connectivity index (χ1v) is 17.7. The molecule has 0 saturated carbocycles. The SMILES string of the molecule is CC[C@H](C)[C@H](N)C(=O)N[C@@H](CC(C)C)C(=O)N[C@@H](CC(=O)O)C(=O)N[C@@H](CC(C)C)C(=O)NCC(=O)N[C@@H](CC(C)C)C(=O)N[C@H](C(=O)O)[C@@H](C)O. The molecule has 0 bridgehead atoms. The quantitative estimate of drug-likeness (QED) is 0.0568. The Morgan fingerprint density at radius 3 is 1.40 bits per heavy atom. The van der Waals surface area contributed by atoms with Gasteiger partial charge in [-0.25, -0.2) is 4.79 Å². The average molecular weight is 744 g/mol. The van der Waals surface area contributed by atoms with Crippen molar-refractivity contribution in [3.8, 4) is 0 Å². The lowest BCUT2D eigenvalue weighted by Crippen LogP contribution is -2.59. The number of carbonyl (C=O) groups is 8. The highest BCUT2D eigenvalue weighted by molar-refractivity contribution is 5.97. The van der Waals surface area contributed by atoms with Gasteiger partial charge in [-0.2, -0.15) is 0 Å². The molecule has 0 aromatic carbocycles. The molecule has 0 saturated heterocycles. The number of nitrogens with one attached hydrogen (secondary N) is 6. The van der Waals surface area contributed by atoms with Crippen molar-refractivity contribution in [2.75, 3.05) is 6.54 Å². The Labute approximate surface area is 305 Å². The summed E-state index contributed by atoms with van der Waals surface area (Å²) in [7, 11) is 0. The molecule has 0 unspecified atom stereocenters. The van der Waals surface area contributed by atoms with Crippen molar-refractivity contribution in [1.82, 2.24) is 31.9 Å². The van der Waals surface area contributed by atoms with Crippen LogP contribution in [0, 0.1) is 23.7 Å². The molecule has 8 atom stereocenters. The van der Waals surface area contributed by atoms with Crippen molar-refractivity contribution in [2.24, 2.45) is 29.4 Å². The zero-order chi connectivity index (χ0) is 40.5. The molecule has 298 valence electrons. The number of carbonyl (C=O) groups excluding carboxylic acids is 6. The first-order chi connectivity index (χ1) is 24.0. The molecule has 0 heterocycles. The van der Waals surface area contributed by atoms with Crippen LogP contribution in [0.3, 0.4) is 0 Å². The van der Waals surface area contributed by atoms with Gasteiger partial charge < -0.3 is 53.0 Å². The summed E-state index contributed by atoms with van der Waals surface area (Å²) < 4.78 is 0. The van der Waals surface area contributed by atoms with Crippen LogP contribution >= 0.6 is 0 Å². The van der Waals surface area contributed by atoms with Crippen LogP contribution in [0.4, 0.5) is 0 Å². The fourth-order valence-corrected chi connectivity index (χ4v) is 5.00. The molecule has 18 heteroatoms. The average Bonchev–Trinajstić information content (AvgIpc) is 3.02. The highest BCUT2D eigenvalue weighted by Crippen LogP contribution is 2.11. The Balaban J connectivity index is 5.89. The minimum Gasteiger partial charge on any atom is -0.481 e. The number of aliphatic hydroxyl groups excluding tert-OH is 1. The summed E-state index contributed by atoms with van der Waals surface area (Å²) in [6, 6.07) is -7.78. The molecule has 18 nitrogen and oxygen atoms in total. The van der Waals surface area contributed by atoms with E-state index in [4.69, 9.17) is 5.73 Å². The van der Waals surface area contributed by atoms with E-state index in [1.807, 2.05) is 20.8 Å². The van der Waals surface area contributed by atoms with Crippen LogP contribution in [0.1, 0.15) is 94.4 Å². The maximum absolute atomic E-state index is 13.4. The van der Waals surface area contributed by atoms with E-state index < -0.39 is 103 Å². The second kappa shape index (κ2) is 23.3. The van der Waals surface area contributed by atoms with Gasteiger partial charge in [0.1, 0.15) is 24.2 Å². The molecule has 0 radical (unpaired) electrons. The molecule has 52 heavy (non-hydrogen) atoms. The number of rotatable bonds is 24. The Morgan fingerprint density at radius 2 is 0.981 bits per heavy atom. The molecule has 0 aliphatic heterocycles. The van der Waals surface area contributed by atoms with Gasteiger partial charge in [-0.15, -0.1) is 0 Å². The highest BCUT2D eigenvalue weighted by atomic mass is 16.4. The van der Waals surface area contributed by atoms with Crippen molar-refractivity contribution in [3.05, 3.63) is 0 Å². The summed E-state index contributed by atoms with van der Waals surface area (Å²) in [6.45, 7) is 14.8. The topological polar surface area (TPSA) is 295 Å². The van der Waals surface area contributed by atoms with Crippen molar-refractivity contribution >= 4 is 47.4 Å². The summed E-state index contributed by atoms with van der Waals surface area (Å²) in [4.78, 5) is 102. The van der Waals surface area contributed by atoms with Gasteiger partial charge in [-0.05, 0) is 49.9 Å². The smallest absolute Gasteiger partial charge is 0.328 e. The van der Waals surface area contributed by atoms with Crippen LogP contribution in [0.15, 0.2) is 0 Å². The molecule has 0 spiro atoms. The van der Waals surface area contributed by atoms with Crippen LogP contribution in [0.25, 0.3) is 0 Å². The van der Waals surface area contributed by atoms with E-state index in [1.165, 1.54) is 6.92 Å². The molecule has 0 aliphatic carbocycles. The maximum atomic E-state index is 13.4. The molecule has 6 amide bonds. The number of nitrogens with two attached hydrogens (primary N) is 1. The van der Waals surface area contributed by atoms with Gasteiger partial charge in [0.25, 0.3) is 0 Å². The molecule has 11 N–H and O–H groups in total. The van der Waals surface area contributed by atoms with Gasteiger partial charge in [0.2, 0.25) is 35.4 Å². The second-order valence-corrected chi connectivity index (χ2v) is 14.5. The van der Waals surface area contributed by atoms with Gasteiger partial charge in [0.05, 0.1) is 25.1 Å². The van der Waals surface area contributed by atoms with Gasteiger partial charge in [-0.1, -0.05) is 61.8 Å². The Hall–Kier alpha value is -4.32. The van der Waals surface area contributed by atoms with E-state index in [0.29, 0.717) is 6.42 Å². The van der Waals surface area contributed by atoms with E-state index in [1.54, 1.807) is 34.6 Å². The maximum Gasteiger partial charge on any atom is 0.328 e. The van der Waals surface area contributed by atoms with Gasteiger partial charge >= 0.3 is 11.9 Å². The van der Waals surface area contributed by atoms with Gasteiger partial charge in [-0.3, -0.25) is 33.6 Å². The van der Waals surface area contributed by atoms with E-state index in [2.05, 4.69) is 31.9 Å². The number of carboxylic acids is 2. The van der Waals surface area contributed by atoms with E-state index >= 15 is 0 Å². The van der Waals surface area contributed by atoms with Crippen LogP contribution in [-0.4, -0.2) is 112 Å². The molecular formula is C34H61N7O11. The predicted octanol–water partition coefficient (Wildman–Crippen LogP) is -1.02. The van der Waals surface area contributed by atoms with Crippen molar-refractivity contribution < 1.29 is 53.7 Å². The van der Waals surface area contributed by atoms with E-state index in [-0.39, 0.29) is 42.9 Å². The van der Waals surface area contributed by atoms with Crippen LogP contribution in [-0.2, 0) is 38.4 Å². The largest absolute Gasteiger partial charge is 0.481 e. The second-order valence-electron chi connectivity index (χ2n) is 14.5. The third-order valence-electron chi connectivity index (χ3n) is 8.08. The molecule has 0 fully saturated rings.